The molecule has 1 atom stereocenters. The van der Waals surface area contributed by atoms with Crippen molar-refractivity contribution in [3.8, 4) is 0 Å². The molecule has 23 heavy (non-hydrogen) atoms. The number of hydrogen-bond donors (Lipinski definition) is 0. The van der Waals surface area contributed by atoms with E-state index in [1.807, 2.05) is 4.90 Å². The smallest absolute Gasteiger partial charge is 0.231 e. The van der Waals surface area contributed by atoms with Crippen LogP contribution in [0.25, 0.3) is 0 Å². The van der Waals surface area contributed by atoms with E-state index in [9.17, 15) is 4.79 Å². The molecule has 1 unspecified atom stereocenters. The number of nitrogens with zero attached hydrogens (tertiary/aromatic N) is 3. The number of hydrogen-bond acceptors (Lipinski definition) is 4. The van der Waals surface area contributed by atoms with Crippen LogP contribution in [0.15, 0.2) is 4.52 Å². The summed E-state index contributed by atoms with van der Waals surface area (Å²) >= 11 is 0. The van der Waals surface area contributed by atoms with E-state index >= 15 is 0 Å². The third-order valence-electron chi connectivity index (χ3n) is 6.94. The number of rotatable bonds is 2. The summed E-state index contributed by atoms with van der Waals surface area (Å²) in [6.07, 6.45) is 9.04. The number of carbonyl (C=O) groups is 1. The molecule has 5 fully saturated rings. The minimum atomic E-state index is 0.147. The summed E-state index contributed by atoms with van der Waals surface area (Å²) in [7, 11) is 0. The maximum Gasteiger partial charge on any atom is 0.231 e. The highest BCUT2D eigenvalue weighted by Gasteiger charge is 2.54. The second kappa shape index (κ2) is 4.81. The molecule has 5 aliphatic rings. The molecule has 0 aromatic carbocycles. The topological polar surface area (TPSA) is 59.2 Å². The molecule has 124 valence electrons. The zero-order valence-electron chi connectivity index (χ0n) is 13.8. The van der Waals surface area contributed by atoms with Gasteiger partial charge in [0.15, 0.2) is 5.82 Å². The van der Waals surface area contributed by atoms with Crippen molar-refractivity contribution in [1.82, 2.24) is 15.0 Å². The fourth-order valence-electron chi connectivity index (χ4n) is 6.25. The van der Waals surface area contributed by atoms with Crippen molar-refractivity contribution in [2.24, 2.45) is 17.8 Å². The van der Waals surface area contributed by atoms with Gasteiger partial charge in [0.25, 0.3) is 0 Å². The summed E-state index contributed by atoms with van der Waals surface area (Å²) in [5.74, 6) is 4.79. The van der Waals surface area contributed by atoms with Crippen LogP contribution in [-0.2, 0) is 10.2 Å². The van der Waals surface area contributed by atoms with Gasteiger partial charge >= 0.3 is 0 Å². The summed E-state index contributed by atoms with van der Waals surface area (Å²) in [4.78, 5) is 18.3. The van der Waals surface area contributed by atoms with E-state index in [1.54, 1.807) is 6.92 Å². The molecule has 2 heterocycles. The van der Waals surface area contributed by atoms with E-state index in [0.29, 0.717) is 0 Å². The first-order chi connectivity index (χ1) is 11.1. The van der Waals surface area contributed by atoms with Crippen LogP contribution in [0, 0.1) is 17.8 Å². The molecule has 5 heteroatoms. The quantitative estimate of drug-likeness (QED) is 0.842. The highest BCUT2D eigenvalue weighted by atomic mass is 16.5. The Morgan fingerprint density at radius 1 is 1.17 bits per heavy atom. The molecule has 4 bridgehead atoms. The van der Waals surface area contributed by atoms with Gasteiger partial charge in [0.2, 0.25) is 11.8 Å². The minimum Gasteiger partial charge on any atom is -0.342 e. The largest absolute Gasteiger partial charge is 0.342 e. The van der Waals surface area contributed by atoms with Gasteiger partial charge in [0, 0.05) is 25.4 Å². The van der Waals surface area contributed by atoms with E-state index in [2.05, 4.69) is 5.16 Å². The summed E-state index contributed by atoms with van der Waals surface area (Å²) in [6.45, 7) is 3.18. The van der Waals surface area contributed by atoms with E-state index < -0.39 is 0 Å². The molecule has 1 saturated heterocycles. The SMILES string of the molecule is CC(=O)N1CCC(c2nc(C34CC5CC(CC(C5)C3)C4)no2)C1. The predicted molar refractivity (Wildman–Crippen MR) is 83.8 cm³/mol. The second-order valence-electron chi connectivity index (χ2n) is 8.60. The Balaban J connectivity index is 1.39. The molecule has 1 aromatic heterocycles. The maximum absolute atomic E-state index is 11.5. The lowest BCUT2D eigenvalue weighted by Gasteiger charge is -2.55. The lowest BCUT2D eigenvalue weighted by molar-refractivity contribution is -0.127. The van der Waals surface area contributed by atoms with E-state index in [1.165, 1.54) is 38.5 Å². The maximum atomic E-state index is 11.5. The summed E-state index contributed by atoms with van der Waals surface area (Å²) < 4.78 is 5.67. The Kier molecular flexibility index (Phi) is 2.92. The van der Waals surface area contributed by atoms with Crippen molar-refractivity contribution in [2.75, 3.05) is 13.1 Å². The van der Waals surface area contributed by atoms with Gasteiger partial charge in [0.05, 0.1) is 5.92 Å². The van der Waals surface area contributed by atoms with Crippen LogP contribution >= 0.6 is 0 Å². The van der Waals surface area contributed by atoms with Gasteiger partial charge in [-0.15, -0.1) is 0 Å². The third-order valence-corrected chi connectivity index (χ3v) is 6.94. The Morgan fingerprint density at radius 2 is 1.83 bits per heavy atom. The van der Waals surface area contributed by atoms with E-state index in [-0.39, 0.29) is 17.2 Å². The standard InChI is InChI=1S/C18H25N3O2/c1-11(22)21-3-2-15(10-21)16-19-17(20-23-16)18-7-12-4-13(8-18)6-14(5-12)9-18/h12-15H,2-10H2,1H3. The zero-order valence-corrected chi connectivity index (χ0v) is 13.8. The third kappa shape index (κ3) is 2.15. The molecule has 4 aliphatic carbocycles. The number of likely N-dealkylation sites (tertiary alicyclic amines) is 1. The average Bonchev–Trinajstić information content (AvgIpc) is 3.15. The Hall–Kier alpha value is -1.39. The second-order valence-corrected chi connectivity index (χ2v) is 8.60. The van der Waals surface area contributed by atoms with Crippen LogP contribution in [0.1, 0.15) is 69.5 Å². The summed E-state index contributed by atoms with van der Waals surface area (Å²) in [6, 6.07) is 0. The highest BCUT2D eigenvalue weighted by molar-refractivity contribution is 5.73. The molecule has 0 spiro atoms. The fraction of sp³-hybridized carbons (Fsp3) is 0.833. The van der Waals surface area contributed by atoms with Crippen LogP contribution in [0.2, 0.25) is 0 Å². The molecule has 6 rings (SSSR count). The molecular formula is C18H25N3O2. The first-order valence-electron chi connectivity index (χ1n) is 9.21. The molecule has 1 amide bonds. The number of carbonyl (C=O) groups excluding carboxylic acids is 1. The lowest BCUT2D eigenvalue weighted by Crippen LogP contribution is -2.49. The zero-order chi connectivity index (χ0) is 15.6. The van der Waals surface area contributed by atoms with Gasteiger partial charge in [0.1, 0.15) is 0 Å². The van der Waals surface area contributed by atoms with Crippen molar-refractivity contribution in [3.05, 3.63) is 11.7 Å². The monoisotopic (exact) mass is 315 g/mol. The van der Waals surface area contributed by atoms with Crippen molar-refractivity contribution < 1.29 is 9.32 Å². The Morgan fingerprint density at radius 3 is 2.39 bits per heavy atom. The van der Waals surface area contributed by atoms with E-state index in [0.717, 1.165) is 49.0 Å². The molecule has 1 aromatic rings. The molecule has 0 N–H and O–H groups in total. The first-order valence-corrected chi connectivity index (χ1v) is 9.21. The lowest BCUT2D eigenvalue weighted by atomic mass is 9.49. The van der Waals surface area contributed by atoms with Crippen molar-refractivity contribution in [2.45, 2.75) is 63.2 Å². The average molecular weight is 315 g/mol. The highest BCUT2D eigenvalue weighted by Crippen LogP contribution is 2.60. The van der Waals surface area contributed by atoms with Crippen LogP contribution in [0.5, 0.6) is 0 Å². The van der Waals surface area contributed by atoms with Gasteiger partial charge < -0.3 is 9.42 Å². The van der Waals surface area contributed by atoms with Crippen LogP contribution < -0.4 is 0 Å². The minimum absolute atomic E-state index is 0.147. The van der Waals surface area contributed by atoms with Gasteiger partial charge in [-0.1, -0.05) is 5.16 Å². The normalized spacial score (nSPS) is 41.7. The van der Waals surface area contributed by atoms with Gasteiger partial charge in [-0.25, -0.2) is 0 Å². The van der Waals surface area contributed by atoms with Crippen molar-refractivity contribution in [1.29, 1.82) is 0 Å². The van der Waals surface area contributed by atoms with Crippen LogP contribution in [0.4, 0.5) is 0 Å². The molecule has 4 saturated carbocycles. The van der Waals surface area contributed by atoms with E-state index in [4.69, 9.17) is 9.51 Å². The molecule has 5 nitrogen and oxygen atoms in total. The summed E-state index contributed by atoms with van der Waals surface area (Å²) in [5.41, 5.74) is 0.204. The van der Waals surface area contributed by atoms with Crippen LogP contribution in [-0.4, -0.2) is 34.0 Å². The van der Waals surface area contributed by atoms with Gasteiger partial charge in [-0.05, 0) is 62.7 Å². The van der Waals surface area contributed by atoms with Gasteiger partial charge in [-0.2, -0.15) is 4.98 Å². The Labute approximate surface area is 136 Å². The van der Waals surface area contributed by atoms with Crippen LogP contribution in [0.3, 0.4) is 0 Å². The number of amides is 1. The Bertz CT molecular complexity index is 603. The summed E-state index contributed by atoms with van der Waals surface area (Å²) in [5, 5.41) is 4.43. The van der Waals surface area contributed by atoms with Gasteiger partial charge in [-0.3, -0.25) is 4.79 Å². The van der Waals surface area contributed by atoms with Crippen molar-refractivity contribution in [3.63, 3.8) is 0 Å². The number of aromatic nitrogens is 2. The fourth-order valence-corrected chi connectivity index (χ4v) is 6.25. The molecule has 0 radical (unpaired) electrons. The molecular weight excluding hydrogens is 290 g/mol. The first kappa shape index (κ1) is 14.0. The predicted octanol–water partition coefficient (Wildman–Crippen LogP) is 2.87. The molecule has 1 aliphatic heterocycles. The van der Waals surface area contributed by atoms with Crippen molar-refractivity contribution >= 4 is 5.91 Å².